The number of hydrogen-bond donors (Lipinski definition) is 2. The Morgan fingerprint density at radius 3 is 3.14 bits per heavy atom. The molecule has 0 saturated heterocycles. The van der Waals surface area contributed by atoms with Gasteiger partial charge >= 0.3 is 0 Å². The minimum absolute atomic E-state index is 0.271. The van der Waals surface area contributed by atoms with Gasteiger partial charge in [0.2, 0.25) is 0 Å². The second-order valence-corrected chi connectivity index (χ2v) is 5.12. The van der Waals surface area contributed by atoms with Gasteiger partial charge in [0, 0.05) is 17.7 Å². The van der Waals surface area contributed by atoms with Crippen LogP contribution in [0.3, 0.4) is 0 Å². The number of benzene rings is 1. The molecule has 3 N–H and O–H groups in total. The minimum Gasteiger partial charge on any atom is -0.379 e. The number of aromatic nitrogens is 1. The lowest BCUT2D eigenvalue weighted by atomic mass is 10.1. The van der Waals surface area contributed by atoms with Crippen molar-refractivity contribution in [3.05, 3.63) is 45.8 Å². The first-order valence-electron chi connectivity index (χ1n) is 6.53. The van der Waals surface area contributed by atoms with Gasteiger partial charge in [-0.1, -0.05) is 22.8 Å². The molecule has 0 radical (unpaired) electrons. The minimum atomic E-state index is -0.575. The number of halogens is 1. The van der Waals surface area contributed by atoms with Crippen LogP contribution in [0.25, 0.3) is 0 Å². The first-order chi connectivity index (χ1) is 10.2. The molecule has 0 aliphatic carbocycles. The van der Waals surface area contributed by atoms with E-state index in [2.05, 4.69) is 10.5 Å². The van der Waals surface area contributed by atoms with E-state index in [1.165, 1.54) is 0 Å². The van der Waals surface area contributed by atoms with Gasteiger partial charge in [-0.05, 0) is 12.1 Å². The van der Waals surface area contributed by atoms with Crippen LogP contribution >= 0.6 is 11.6 Å². The number of hydrogen-bond acceptors (Lipinski definition) is 5. The van der Waals surface area contributed by atoms with Crippen LogP contribution in [0.2, 0.25) is 5.02 Å². The summed E-state index contributed by atoms with van der Waals surface area (Å²) in [6.45, 7) is 1.55. The number of ether oxygens (including phenoxy) is 1. The van der Waals surface area contributed by atoms with Crippen molar-refractivity contribution in [3.63, 3.8) is 0 Å². The molecule has 0 spiro atoms. The Morgan fingerprint density at radius 2 is 2.33 bits per heavy atom. The standard InChI is InChI=1S/C14H14ClN3O3/c15-9-2-1-3-10(13(9)14(16)19)17-6-11-8-7-20-5-4-12(8)21-18-11/h1-3,17H,4-7H2,(H2,16,19). The van der Waals surface area contributed by atoms with Gasteiger partial charge in [-0.2, -0.15) is 0 Å². The molecule has 0 bridgehead atoms. The van der Waals surface area contributed by atoms with E-state index in [1.807, 2.05) is 0 Å². The van der Waals surface area contributed by atoms with Crippen LogP contribution in [0.15, 0.2) is 22.7 Å². The summed E-state index contributed by atoms with van der Waals surface area (Å²) in [6, 6.07) is 5.12. The average Bonchev–Trinajstić information content (AvgIpc) is 2.88. The van der Waals surface area contributed by atoms with E-state index in [4.69, 9.17) is 26.6 Å². The van der Waals surface area contributed by atoms with E-state index in [9.17, 15) is 4.79 Å². The highest BCUT2D eigenvalue weighted by Gasteiger charge is 2.20. The van der Waals surface area contributed by atoms with Crippen LogP contribution in [0, 0.1) is 0 Å². The van der Waals surface area contributed by atoms with Crippen LogP contribution in [0.1, 0.15) is 27.4 Å². The highest BCUT2D eigenvalue weighted by Crippen LogP contribution is 2.26. The molecule has 0 fully saturated rings. The van der Waals surface area contributed by atoms with Gasteiger partial charge in [0.15, 0.2) is 0 Å². The maximum Gasteiger partial charge on any atom is 0.252 e. The molecule has 1 amide bonds. The first kappa shape index (κ1) is 13.9. The van der Waals surface area contributed by atoms with E-state index in [0.29, 0.717) is 30.5 Å². The maximum atomic E-state index is 11.5. The highest BCUT2D eigenvalue weighted by atomic mass is 35.5. The first-order valence-corrected chi connectivity index (χ1v) is 6.91. The van der Waals surface area contributed by atoms with Crippen molar-refractivity contribution in [1.82, 2.24) is 5.16 Å². The summed E-state index contributed by atoms with van der Waals surface area (Å²) in [5.41, 5.74) is 7.93. The number of amides is 1. The number of nitrogens with two attached hydrogens (primary N) is 1. The smallest absolute Gasteiger partial charge is 0.252 e. The van der Waals surface area contributed by atoms with E-state index < -0.39 is 5.91 Å². The molecule has 1 aromatic carbocycles. The molecule has 1 aliphatic heterocycles. The quantitative estimate of drug-likeness (QED) is 0.903. The second-order valence-electron chi connectivity index (χ2n) is 4.71. The zero-order chi connectivity index (χ0) is 14.8. The molecule has 6 nitrogen and oxygen atoms in total. The normalized spacial score (nSPS) is 13.8. The van der Waals surface area contributed by atoms with Crippen molar-refractivity contribution in [3.8, 4) is 0 Å². The molecule has 0 atom stereocenters. The van der Waals surface area contributed by atoms with Crippen LogP contribution in [0.4, 0.5) is 5.69 Å². The largest absolute Gasteiger partial charge is 0.379 e. The molecular weight excluding hydrogens is 294 g/mol. The lowest BCUT2D eigenvalue weighted by Crippen LogP contribution is -2.16. The van der Waals surface area contributed by atoms with Crippen molar-refractivity contribution < 1.29 is 14.1 Å². The molecular formula is C14H14ClN3O3. The monoisotopic (exact) mass is 307 g/mol. The molecule has 1 aliphatic rings. The van der Waals surface area contributed by atoms with Gasteiger partial charge in [0.1, 0.15) is 11.5 Å². The van der Waals surface area contributed by atoms with E-state index >= 15 is 0 Å². The van der Waals surface area contributed by atoms with Gasteiger partial charge in [-0.3, -0.25) is 4.79 Å². The van der Waals surface area contributed by atoms with Crippen LogP contribution in [-0.4, -0.2) is 17.7 Å². The number of carbonyl (C=O) groups excluding carboxylic acids is 1. The zero-order valence-electron chi connectivity index (χ0n) is 11.2. The van der Waals surface area contributed by atoms with Gasteiger partial charge in [-0.25, -0.2) is 0 Å². The second kappa shape index (κ2) is 5.75. The van der Waals surface area contributed by atoms with E-state index in [0.717, 1.165) is 23.4 Å². The van der Waals surface area contributed by atoms with Crippen molar-refractivity contribution in [2.75, 3.05) is 11.9 Å². The number of rotatable bonds is 4. The molecule has 110 valence electrons. The predicted molar refractivity (Wildman–Crippen MR) is 77.2 cm³/mol. The summed E-state index contributed by atoms with van der Waals surface area (Å²) in [7, 11) is 0. The summed E-state index contributed by atoms with van der Waals surface area (Å²) in [4.78, 5) is 11.5. The van der Waals surface area contributed by atoms with Crippen molar-refractivity contribution in [2.45, 2.75) is 19.6 Å². The van der Waals surface area contributed by atoms with Gasteiger partial charge < -0.3 is 20.3 Å². The predicted octanol–water partition coefficient (Wildman–Crippen LogP) is 2.11. The SMILES string of the molecule is NC(=O)c1c(Cl)cccc1NCc1noc2c1COCC2. The number of nitrogens with zero attached hydrogens (tertiary/aromatic N) is 1. The molecule has 3 rings (SSSR count). The Bertz CT molecular complexity index is 684. The maximum absolute atomic E-state index is 11.5. The number of anilines is 1. The van der Waals surface area contributed by atoms with Crippen LogP contribution in [0.5, 0.6) is 0 Å². The van der Waals surface area contributed by atoms with E-state index in [-0.39, 0.29) is 5.56 Å². The number of nitrogens with one attached hydrogen (secondary N) is 1. The van der Waals surface area contributed by atoms with Gasteiger partial charge in [-0.15, -0.1) is 0 Å². The Labute approximate surface area is 126 Å². The lowest BCUT2D eigenvalue weighted by molar-refractivity contribution is 0.100. The Hall–Kier alpha value is -2.05. The van der Waals surface area contributed by atoms with Crippen LogP contribution in [-0.2, 0) is 24.3 Å². The fourth-order valence-electron chi connectivity index (χ4n) is 2.32. The van der Waals surface area contributed by atoms with Gasteiger partial charge in [0.05, 0.1) is 30.3 Å². The Morgan fingerprint density at radius 1 is 1.48 bits per heavy atom. The third-order valence-electron chi connectivity index (χ3n) is 3.38. The molecule has 7 heteroatoms. The summed E-state index contributed by atoms with van der Waals surface area (Å²) in [5.74, 6) is 0.285. The highest BCUT2D eigenvalue weighted by molar-refractivity contribution is 6.34. The van der Waals surface area contributed by atoms with Crippen LogP contribution < -0.4 is 11.1 Å². The third kappa shape index (κ3) is 2.72. The summed E-state index contributed by atoms with van der Waals surface area (Å²) in [6.07, 6.45) is 0.728. The average molecular weight is 308 g/mol. The number of carbonyl (C=O) groups is 1. The summed E-state index contributed by atoms with van der Waals surface area (Å²) < 4.78 is 10.7. The lowest BCUT2D eigenvalue weighted by Gasteiger charge is -2.13. The fraction of sp³-hybridized carbons (Fsp3) is 0.286. The number of fused-ring (bicyclic) bond motifs is 1. The molecule has 21 heavy (non-hydrogen) atoms. The van der Waals surface area contributed by atoms with Crippen molar-refractivity contribution >= 4 is 23.2 Å². The molecule has 2 heterocycles. The molecule has 0 saturated carbocycles. The summed E-state index contributed by atoms with van der Waals surface area (Å²) >= 11 is 6.01. The zero-order valence-corrected chi connectivity index (χ0v) is 11.9. The Balaban J connectivity index is 1.81. The topological polar surface area (TPSA) is 90.4 Å². The fourth-order valence-corrected chi connectivity index (χ4v) is 2.59. The molecule has 0 unspecified atom stereocenters. The number of primary amides is 1. The summed E-state index contributed by atoms with van der Waals surface area (Å²) in [5, 5.41) is 7.49. The molecule has 1 aromatic heterocycles. The Kier molecular flexibility index (Phi) is 3.81. The van der Waals surface area contributed by atoms with E-state index in [1.54, 1.807) is 18.2 Å². The van der Waals surface area contributed by atoms with Crippen molar-refractivity contribution in [1.29, 1.82) is 0 Å². The third-order valence-corrected chi connectivity index (χ3v) is 3.69. The molecule has 2 aromatic rings. The van der Waals surface area contributed by atoms with Gasteiger partial charge in [0.25, 0.3) is 5.91 Å². The van der Waals surface area contributed by atoms with Crippen molar-refractivity contribution in [2.24, 2.45) is 5.73 Å².